The van der Waals surface area contributed by atoms with E-state index in [-0.39, 0.29) is 18.7 Å². The van der Waals surface area contributed by atoms with Crippen molar-refractivity contribution >= 4 is 28.0 Å². The zero-order valence-electron chi connectivity index (χ0n) is 15.1. The zero-order chi connectivity index (χ0) is 18.7. The summed E-state index contributed by atoms with van der Waals surface area (Å²) in [6.45, 7) is 5.90. The van der Waals surface area contributed by atoms with Gasteiger partial charge in [0.25, 0.3) is 5.56 Å². The van der Waals surface area contributed by atoms with Crippen molar-refractivity contribution < 1.29 is 9.90 Å². The van der Waals surface area contributed by atoms with Crippen molar-refractivity contribution in [3.8, 4) is 0 Å². The third-order valence-electron chi connectivity index (χ3n) is 3.63. The number of aromatic amines is 1. The van der Waals surface area contributed by atoms with E-state index in [4.69, 9.17) is 0 Å². The van der Waals surface area contributed by atoms with Crippen molar-refractivity contribution in [2.75, 3.05) is 12.4 Å². The van der Waals surface area contributed by atoms with E-state index in [9.17, 15) is 14.7 Å². The second kappa shape index (κ2) is 12.2. The minimum atomic E-state index is -0.238. The number of allylic oxidation sites excluding steroid dienone is 1. The lowest BCUT2D eigenvalue weighted by atomic mass is 10.2. The van der Waals surface area contributed by atoms with Crippen LogP contribution in [0.5, 0.6) is 0 Å². The molecule has 1 heterocycles. The molecule has 0 aromatic carbocycles. The number of H-pyrrole nitrogens is 1. The maximum absolute atomic E-state index is 12.0. The number of hydrogen-bond acceptors (Lipinski definition) is 6. The smallest absolute Gasteiger partial charge is 0.255 e. The van der Waals surface area contributed by atoms with E-state index in [0.717, 1.165) is 22.8 Å². The van der Waals surface area contributed by atoms with Crippen LogP contribution in [0, 0.1) is 6.92 Å². The Morgan fingerprint density at radius 2 is 2.20 bits per heavy atom. The minimum absolute atomic E-state index is 0.0224. The van der Waals surface area contributed by atoms with Crippen molar-refractivity contribution in [1.82, 2.24) is 14.9 Å². The Morgan fingerprint density at radius 1 is 1.44 bits per heavy atom. The third-order valence-corrected chi connectivity index (χ3v) is 6.36. The first-order valence-electron chi connectivity index (χ1n) is 8.40. The fourth-order valence-corrected chi connectivity index (χ4v) is 4.71. The third kappa shape index (κ3) is 7.66. The molecule has 1 rings (SSSR count). The molecule has 0 radical (unpaired) electrons. The summed E-state index contributed by atoms with van der Waals surface area (Å²) in [6, 6.07) is 0. The largest absolute Gasteiger partial charge is 0.396 e. The summed E-state index contributed by atoms with van der Waals surface area (Å²) in [5.74, 6) is 1.57. The number of amides is 1. The Morgan fingerprint density at radius 3 is 2.80 bits per heavy atom. The SMILES string of the molecule is CCCCCSS/C(CCO)=C(/C)N(C=O)Cc1cnc(C)[nH]c1=O. The van der Waals surface area contributed by atoms with E-state index in [1.807, 2.05) is 6.92 Å². The normalized spacial score (nSPS) is 12.0. The van der Waals surface area contributed by atoms with Crippen molar-refractivity contribution in [1.29, 1.82) is 0 Å². The Bertz CT molecular complexity index is 632. The zero-order valence-corrected chi connectivity index (χ0v) is 16.7. The monoisotopic (exact) mass is 385 g/mol. The molecule has 2 N–H and O–H groups in total. The number of aryl methyl sites for hydroxylation is 1. The molecule has 0 atom stereocenters. The molecule has 0 saturated heterocycles. The highest BCUT2D eigenvalue weighted by Crippen LogP contribution is 2.35. The number of nitrogens with one attached hydrogen (secondary N) is 1. The summed E-state index contributed by atoms with van der Waals surface area (Å²) in [5.41, 5.74) is 0.954. The predicted molar refractivity (Wildman–Crippen MR) is 105 cm³/mol. The molecule has 8 heteroatoms. The van der Waals surface area contributed by atoms with Gasteiger partial charge in [-0.15, -0.1) is 0 Å². The van der Waals surface area contributed by atoms with Crippen LogP contribution in [0.25, 0.3) is 0 Å². The fourth-order valence-electron chi connectivity index (χ4n) is 2.11. The molecule has 25 heavy (non-hydrogen) atoms. The Balaban J connectivity index is 2.84. The second-order valence-electron chi connectivity index (χ2n) is 5.65. The standard InChI is InChI=1S/C17H27N3O3S2/c1-4-5-6-9-24-25-16(7-8-21)13(2)20(12-22)11-15-10-18-14(3)19-17(15)23/h10,12,21H,4-9,11H2,1-3H3,(H,18,19,23)/b16-13-. The van der Waals surface area contributed by atoms with Gasteiger partial charge in [0.15, 0.2) is 0 Å². The Labute approximate surface area is 156 Å². The molecule has 0 fully saturated rings. The number of nitrogens with zero attached hydrogens (tertiary/aromatic N) is 2. The van der Waals surface area contributed by atoms with E-state index < -0.39 is 0 Å². The first-order chi connectivity index (χ1) is 12.0. The van der Waals surface area contributed by atoms with Gasteiger partial charge in [0, 0.05) is 35.6 Å². The lowest BCUT2D eigenvalue weighted by molar-refractivity contribution is -0.116. The number of carbonyl (C=O) groups is 1. The van der Waals surface area contributed by atoms with E-state index in [1.54, 1.807) is 28.5 Å². The summed E-state index contributed by atoms with van der Waals surface area (Å²) in [5, 5.41) is 9.32. The van der Waals surface area contributed by atoms with Gasteiger partial charge in [0.05, 0.1) is 12.1 Å². The topological polar surface area (TPSA) is 86.3 Å². The van der Waals surface area contributed by atoms with E-state index in [0.29, 0.717) is 24.2 Å². The van der Waals surface area contributed by atoms with Crippen LogP contribution in [-0.2, 0) is 11.3 Å². The summed E-state index contributed by atoms with van der Waals surface area (Å²) in [4.78, 5) is 32.7. The predicted octanol–water partition coefficient (Wildman–Crippen LogP) is 3.22. The van der Waals surface area contributed by atoms with Crippen molar-refractivity contribution in [3.63, 3.8) is 0 Å². The highest BCUT2D eigenvalue weighted by atomic mass is 33.1. The molecule has 0 aliphatic carbocycles. The molecule has 0 aliphatic rings. The summed E-state index contributed by atoms with van der Waals surface area (Å²) >= 11 is 0. The quantitative estimate of drug-likeness (QED) is 0.326. The molecule has 0 bridgehead atoms. The molecule has 140 valence electrons. The van der Waals surface area contributed by atoms with Crippen LogP contribution in [0.2, 0.25) is 0 Å². The van der Waals surface area contributed by atoms with Crippen LogP contribution < -0.4 is 5.56 Å². The highest BCUT2D eigenvalue weighted by molar-refractivity contribution is 8.78. The van der Waals surface area contributed by atoms with Crippen LogP contribution in [0.3, 0.4) is 0 Å². The van der Waals surface area contributed by atoms with Gasteiger partial charge < -0.3 is 15.0 Å². The minimum Gasteiger partial charge on any atom is -0.396 e. The highest BCUT2D eigenvalue weighted by Gasteiger charge is 2.14. The number of aliphatic hydroxyl groups excluding tert-OH is 1. The molecule has 0 aliphatic heterocycles. The van der Waals surface area contributed by atoms with Crippen molar-refractivity contribution in [2.24, 2.45) is 0 Å². The Kier molecular flexibility index (Phi) is 10.6. The molecule has 1 aromatic heterocycles. The Hall–Kier alpha value is -1.25. The van der Waals surface area contributed by atoms with Gasteiger partial charge in [-0.3, -0.25) is 9.59 Å². The molecule has 0 unspecified atom stereocenters. The van der Waals surface area contributed by atoms with Gasteiger partial charge in [-0.25, -0.2) is 4.98 Å². The van der Waals surface area contributed by atoms with Crippen LogP contribution in [0.4, 0.5) is 0 Å². The van der Waals surface area contributed by atoms with Gasteiger partial charge in [0.2, 0.25) is 6.41 Å². The van der Waals surface area contributed by atoms with Crippen molar-refractivity contribution in [2.45, 2.75) is 53.0 Å². The maximum Gasteiger partial charge on any atom is 0.255 e. The maximum atomic E-state index is 12.0. The average Bonchev–Trinajstić information content (AvgIpc) is 2.59. The average molecular weight is 386 g/mol. The van der Waals surface area contributed by atoms with Gasteiger partial charge in [-0.05, 0) is 20.3 Å². The van der Waals surface area contributed by atoms with E-state index in [1.165, 1.54) is 23.9 Å². The van der Waals surface area contributed by atoms with Gasteiger partial charge in [-0.1, -0.05) is 41.4 Å². The van der Waals surface area contributed by atoms with Gasteiger partial charge >= 0.3 is 0 Å². The molecule has 0 spiro atoms. The molecular formula is C17H27N3O3S2. The number of carbonyl (C=O) groups excluding carboxylic acids is 1. The second-order valence-corrected chi connectivity index (χ2v) is 8.16. The molecular weight excluding hydrogens is 358 g/mol. The first-order valence-corrected chi connectivity index (χ1v) is 10.7. The number of rotatable bonds is 12. The van der Waals surface area contributed by atoms with Crippen molar-refractivity contribution in [3.05, 3.63) is 38.5 Å². The van der Waals surface area contributed by atoms with Crippen LogP contribution in [0.1, 0.15) is 50.9 Å². The molecule has 1 aromatic rings. The number of hydrogen-bond donors (Lipinski definition) is 2. The lowest BCUT2D eigenvalue weighted by Gasteiger charge is -2.21. The summed E-state index contributed by atoms with van der Waals surface area (Å²) < 4.78 is 0. The fraction of sp³-hybridized carbons (Fsp3) is 0.588. The van der Waals surface area contributed by atoms with Crippen LogP contribution >= 0.6 is 21.6 Å². The van der Waals surface area contributed by atoms with E-state index in [2.05, 4.69) is 16.9 Å². The number of aromatic nitrogens is 2. The number of aliphatic hydroxyl groups is 1. The first kappa shape index (κ1) is 21.8. The molecule has 1 amide bonds. The number of unbranched alkanes of at least 4 members (excludes halogenated alkanes) is 2. The van der Waals surface area contributed by atoms with Crippen LogP contribution in [0.15, 0.2) is 21.6 Å². The molecule has 0 saturated carbocycles. The van der Waals surface area contributed by atoms with Gasteiger partial charge in [0.1, 0.15) is 5.82 Å². The summed E-state index contributed by atoms with van der Waals surface area (Å²) in [7, 11) is 3.33. The van der Waals surface area contributed by atoms with E-state index >= 15 is 0 Å². The van der Waals surface area contributed by atoms with Gasteiger partial charge in [-0.2, -0.15) is 0 Å². The molecule has 6 nitrogen and oxygen atoms in total. The lowest BCUT2D eigenvalue weighted by Crippen LogP contribution is -2.26. The summed E-state index contributed by atoms with van der Waals surface area (Å²) in [6.07, 6.45) is 6.24. The van der Waals surface area contributed by atoms with Crippen LogP contribution in [-0.4, -0.2) is 38.7 Å².